The maximum atomic E-state index is 13.0. The molecule has 2 aromatic rings. The van der Waals surface area contributed by atoms with Crippen LogP contribution < -0.4 is 20.1 Å². The molecule has 0 heterocycles. The summed E-state index contributed by atoms with van der Waals surface area (Å²) in [5.74, 6) is -1.21. The minimum atomic E-state index is -0.985. The second kappa shape index (κ2) is 8.66. The molecule has 8 heteroatoms. The second-order valence-electron chi connectivity index (χ2n) is 5.11. The summed E-state index contributed by atoms with van der Waals surface area (Å²) in [7, 11) is 1.51. The Bertz CT molecular complexity index is 772. The highest BCUT2D eigenvalue weighted by atomic mass is 79.9. The smallest absolute Gasteiger partial charge is 0.319 e. The summed E-state index contributed by atoms with van der Waals surface area (Å²) in [6.07, 6.45) is 0. The monoisotopic (exact) mass is 414 g/mol. The van der Waals surface area contributed by atoms with E-state index in [1.54, 1.807) is 6.07 Å². The number of hydrogen-bond donors (Lipinski definition) is 2. The van der Waals surface area contributed by atoms with Crippen LogP contribution in [0.5, 0.6) is 11.5 Å². The molecule has 0 saturated heterocycles. The first-order valence-corrected chi connectivity index (χ1v) is 8.17. The number of amides is 2. The number of anilines is 1. The van der Waals surface area contributed by atoms with Gasteiger partial charge in [-0.05, 0) is 36.8 Å². The molecular weight excluding hydrogens is 398 g/mol. The molecule has 0 spiro atoms. The summed E-state index contributed by atoms with van der Waals surface area (Å²) < 4.78 is 37.2. The van der Waals surface area contributed by atoms with E-state index in [-0.39, 0.29) is 18.9 Å². The Labute approximate surface area is 152 Å². The third-order valence-electron chi connectivity index (χ3n) is 3.27. The van der Waals surface area contributed by atoms with Gasteiger partial charge < -0.3 is 20.1 Å². The van der Waals surface area contributed by atoms with Crippen molar-refractivity contribution in [1.29, 1.82) is 0 Å². The maximum Gasteiger partial charge on any atom is 0.319 e. The molecule has 0 saturated carbocycles. The highest BCUT2D eigenvalue weighted by molar-refractivity contribution is 9.10. The van der Waals surface area contributed by atoms with Crippen molar-refractivity contribution >= 4 is 27.6 Å². The van der Waals surface area contributed by atoms with Crippen LogP contribution in [-0.4, -0.2) is 26.3 Å². The highest BCUT2D eigenvalue weighted by Crippen LogP contribution is 2.31. The molecule has 0 bridgehead atoms. The van der Waals surface area contributed by atoms with Crippen LogP contribution in [0.2, 0.25) is 0 Å². The number of halogens is 3. The van der Waals surface area contributed by atoms with Gasteiger partial charge in [-0.1, -0.05) is 15.9 Å². The van der Waals surface area contributed by atoms with Gasteiger partial charge in [0.15, 0.2) is 11.6 Å². The van der Waals surface area contributed by atoms with E-state index >= 15 is 0 Å². The summed E-state index contributed by atoms with van der Waals surface area (Å²) in [6.45, 7) is 2.13. The van der Waals surface area contributed by atoms with Crippen molar-refractivity contribution in [2.24, 2.45) is 0 Å². The fraction of sp³-hybridized carbons (Fsp3) is 0.235. The zero-order chi connectivity index (χ0) is 18.4. The van der Waals surface area contributed by atoms with E-state index in [1.807, 2.05) is 13.0 Å². The first-order valence-electron chi connectivity index (χ1n) is 7.37. The fourth-order valence-corrected chi connectivity index (χ4v) is 2.64. The average Bonchev–Trinajstić information content (AvgIpc) is 2.57. The van der Waals surface area contributed by atoms with Crippen molar-refractivity contribution in [3.05, 3.63) is 52.0 Å². The Morgan fingerprint density at radius 1 is 1.20 bits per heavy atom. The molecule has 25 heavy (non-hydrogen) atoms. The van der Waals surface area contributed by atoms with Crippen molar-refractivity contribution < 1.29 is 23.0 Å². The summed E-state index contributed by atoms with van der Waals surface area (Å²) in [5.41, 5.74) is 1.39. The molecular formula is C17H17BrF2N2O3. The quantitative estimate of drug-likeness (QED) is 0.694. The minimum Gasteiger partial charge on any atom is -0.495 e. The molecule has 0 aromatic heterocycles. The molecule has 2 rings (SSSR count). The van der Waals surface area contributed by atoms with Gasteiger partial charge >= 0.3 is 6.03 Å². The van der Waals surface area contributed by atoms with Crippen molar-refractivity contribution in [1.82, 2.24) is 5.32 Å². The molecule has 134 valence electrons. The number of nitrogens with one attached hydrogen (secondary N) is 2. The van der Waals surface area contributed by atoms with E-state index in [1.165, 1.54) is 13.2 Å². The lowest BCUT2D eigenvalue weighted by Gasteiger charge is -2.14. The number of aryl methyl sites for hydroxylation is 1. The molecule has 2 aromatic carbocycles. The van der Waals surface area contributed by atoms with Gasteiger partial charge in [-0.25, -0.2) is 13.6 Å². The lowest BCUT2D eigenvalue weighted by atomic mass is 10.2. The number of methoxy groups -OCH3 is 1. The fourth-order valence-electron chi connectivity index (χ4n) is 2.09. The van der Waals surface area contributed by atoms with E-state index in [0.717, 1.165) is 22.2 Å². The minimum absolute atomic E-state index is 0.106. The third-order valence-corrected chi connectivity index (χ3v) is 3.73. The highest BCUT2D eigenvalue weighted by Gasteiger charge is 2.11. The predicted molar refractivity (Wildman–Crippen MR) is 94.3 cm³/mol. The van der Waals surface area contributed by atoms with Crippen LogP contribution in [0.3, 0.4) is 0 Å². The third kappa shape index (κ3) is 5.32. The normalized spacial score (nSPS) is 10.3. The van der Waals surface area contributed by atoms with E-state index in [4.69, 9.17) is 9.47 Å². The first kappa shape index (κ1) is 19.0. The van der Waals surface area contributed by atoms with Crippen LogP contribution >= 0.6 is 15.9 Å². The van der Waals surface area contributed by atoms with E-state index in [9.17, 15) is 13.6 Å². The van der Waals surface area contributed by atoms with Crippen molar-refractivity contribution in [2.45, 2.75) is 6.92 Å². The number of carbonyl (C=O) groups is 1. The molecule has 2 amide bonds. The van der Waals surface area contributed by atoms with Crippen LogP contribution in [-0.2, 0) is 0 Å². The van der Waals surface area contributed by atoms with Gasteiger partial charge in [-0.15, -0.1) is 0 Å². The Kier molecular flexibility index (Phi) is 6.58. The largest absolute Gasteiger partial charge is 0.495 e. The van der Waals surface area contributed by atoms with E-state index in [2.05, 4.69) is 26.6 Å². The molecule has 0 aliphatic heterocycles. The van der Waals surface area contributed by atoms with E-state index < -0.39 is 17.7 Å². The van der Waals surface area contributed by atoms with Crippen LogP contribution in [0, 0.1) is 18.6 Å². The van der Waals surface area contributed by atoms with Gasteiger partial charge in [-0.2, -0.15) is 0 Å². The molecule has 5 nitrogen and oxygen atoms in total. The van der Waals surface area contributed by atoms with Gasteiger partial charge in [0.25, 0.3) is 0 Å². The SMILES string of the molecule is COc1cc(Br)cc(C)c1NC(=O)NCCOc1ccc(F)c(F)c1. The number of ether oxygens (including phenoxy) is 2. The lowest BCUT2D eigenvalue weighted by Crippen LogP contribution is -2.32. The summed E-state index contributed by atoms with van der Waals surface area (Å²) in [4.78, 5) is 12.0. The van der Waals surface area contributed by atoms with Crippen LogP contribution in [0.1, 0.15) is 5.56 Å². The number of carbonyl (C=O) groups excluding carboxylic acids is 1. The molecule has 2 N–H and O–H groups in total. The summed E-state index contributed by atoms with van der Waals surface area (Å²) >= 11 is 3.36. The van der Waals surface area contributed by atoms with Crippen molar-refractivity contribution in [2.75, 3.05) is 25.6 Å². The summed E-state index contributed by atoms with van der Waals surface area (Å²) in [5, 5.41) is 5.32. The zero-order valence-corrected chi connectivity index (χ0v) is 15.2. The average molecular weight is 415 g/mol. The topological polar surface area (TPSA) is 59.6 Å². The van der Waals surface area contributed by atoms with Crippen LogP contribution in [0.25, 0.3) is 0 Å². The number of hydrogen-bond acceptors (Lipinski definition) is 3. The number of rotatable bonds is 6. The van der Waals surface area contributed by atoms with Crippen LogP contribution in [0.15, 0.2) is 34.8 Å². The van der Waals surface area contributed by atoms with E-state index in [0.29, 0.717) is 11.4 Å². The standard InChI is InChI=1S/C17H17BrF2N2O3/c1-10-7-11(18)8-15(24-2)16(10)22-17(23)21-5-6-25-12-3-4-13(19)14(20)9-12/h3-4,7-9H,5-6H2,1-2H3,(H2,21,22,23). The molecule has 0 fully saturated rings. The lowest BCUT2D eigenvalue weighted by molar-refractivity contribution is 0.247. The molecule has 0 aliphatic carbocycles. The van der Waals surface area contributed by atoms with Gasteiger partial charge in [0.2, 0.25) is 0 Å². The van der Waals surface area contributed by atoms with Gasteiger partial charge in [0, 0.05) is 10.5 Å². The Morgan fingerprint density at radius 2 is 1.96 bits per heavy atom. The van der Waals surface area contributed by atoms with Gasteiger partial charge in [0.1, 0.15) is 18.1 Å². The molecule has 0 unspecified atom stereocenters. The Balaban J connectivity index is 1.84. The molecule has 0 aliphatic rings. The maximum absolute atomic E-state index is 13.0. The second-order valence-corrected chi connectivity index (χ2v) is 6.02. The Hall–Kier alpha value is -2.35. The van der Waals surface area contributed by atoms with Crippen LogP contribution in [0.4, 0.5) is 19.3 Å². The molecule has 0 radical (unpaired) electrons. The number of urea groups is 1. The van der Waals surface area contributed by atoms with Gasteiger partial charge in [-0.3, -0.25) is 0 Å². The van der Waals surface area contributed by atoms with Crippen molar-refractivity contribution in [3.8, 4) is 11.5 Å². The molecule has 0 atom stereocenters. The van der Waals surface area contributed by atoms with Gasteiger partial charge in [0.05, 0.1) is 19.3 Å². The first-order chi connectivity index (χ1) is 11.9. The van der Waals surface area contributed by atoms with Crippen molar-refractivity contribution in [3.63, 3.8) is 0 Å². The zero-order valence-electron chi connectivity index (χ0n) is 13.7. The number of benzene rings is 2. The summed E-state index contributed by atoms with van der Waals surface area (Å²) in [6, 6.07) is 6.41. The Morgan fingerprint density at radius 3 is 2.64 bits per heavy atom. The predicted octanol–water partition coefficient (Wildman–Crippen LogP) is 4.24.